The van der Waals surface area contributed by atoms with Gasteiger partial charge in [-0.15, -0.1) is 0 Å². The van der Waals surface area contributed by atoms with Crippen LogP contribution in [-0.2, 0) is 9.53 Å². The van der Waals surface area contributed by atoms with Crippen molar-refractivity contribution in [2.75, 3.05) is 17.2 Å². The molecule has 6 nitrogen and oxygen atoms in total. The lowest BCUT2D eigenvalue weighted by Crippen LogP contribution is -2.43. The van der Waals surface area contributed by atoms with E-state index in [2.05, 4.69) is 16.0 Å². The number of carbonyl (C=O) groups excluding carboxylic acids is 2. The maximum atomic E-state index is 12.0. The highest BCUT2D eigenvalue weighted by molar-refractivity contribution is 5.94. The molecule has 0 radical (unpaired) electrons. The Labute approximate surface area is 136 Å². The zero-order chi connectivity index (χ0) is 16.2. The van der Waals surface area contributed by atoms with Gasteiger partial charge in [0.1, 0.15) is 0 Å². The van der Waals surface area contributed by atoms with E-state index >= 15 is 0 Å². The summed E-state index contributed by atoms with van der Waals surface area (Å²) in [6, 6.07) is 7.11. The van der Waals surface area contributed by atoms with Crippen LogP contribution in [-0.4, -0.2) is 30.7 Å². The van der Waals surface area contributed by atoms with Crippen LogP contribution in [0.15, 0.2) is 24.3 Å². The van der Waals surface area contributed by atoms with E-state index in [4.69, 9.17) is 4.74 Å². The Morgan fingerprint density at radius 2 is 1.70 bits per heavy atom. The largest absolute Gasteiger partial charge is 0.378 e. The van der Waals surface area contributed by atoms with Crippen molar-refractivity contribution >= 4 is 23.3 Å². The van der Waals surface area contributed by atoms with Crippen molar-refractivity contribution < 1.29 is 14.3 Å². The number of ether oxygens (including phenoxy) is 1. The molecule has 1 aliphatic carbocycles. The van der Waals surface area contributed by atoms with Gasteiger partial charge < -0.3 is 20.7 Å². The maximum absolute atomic E-state index is 12.0. The minimum atomic E-state index is -0.209. The molecular formula is C17H23N3O3. The lowest BCUT2D eigenvalue weighted by molar-refractivity contribution is -0.117. The van der Waals surface area contributed by atoms with E-state index in [-0.39, 0.29) is 30.0 Å². The summed E-state index contributed by atoms with van der Waals surface area (Å²) in [5.74, 6) is 0.262. The molecule has 1 aromatic carbocycles. The van der Waals surface area contributed by atoms with Crippen LogP contribution in [0, 0.1) is 5.92 Å². The normalized spacial score (nSPS) is 23.9. The molecule has 23 heavy (non-hydrogen) atoms. The van der Waals surface area contributed by atoms with Gasteiger partial charge in [0.15, 0.2) is 0 Å². The summed E-state index contributed by atoms with van der Waals surface area (Å²) >= 11 is 0. The number of amides is 3. The summed E-state index contributed by atoms with van der Waals surface area (Å²) < 4.78 is 5.47. The smallest absolute Gasteiger partial charge is 0.319 e. The molecule has 3 amide bonds. The molecule has 0 unspecified atom stereocenters. The molecule has 1 saturated carbocycles. The van der Waals surface area contributed by atoms with Gasteiger partial charge in [0.25, 0.3) is 0 Å². The highest BCUT2D eigenvalue weighted by Crippen LogP contribution is 2.30. The standard InChI is InChI=1S/C17H23N3O3/c1-11-10-15(8-9-23-11)20-17(22)19-14-6-4-13(5-7-14)18-16(21)12-2-3-12/h4-7,11-12,15H,2-3,8-10H2,1H3,(H,18,21)(H2,19,20,22)/t11-,15+/m0/s1. The average molecular weight is 317 g/mol. The van der Waals surface area contributed by atoms with Gasteiger partial charge in [-0.25, -0.2) is 4.79 Å². The van der Waals surface area contributed by atoms with Crippen molar-refractivity contribution in [3.8, 4) is 0 Å². The molecule has 2 aliphatic rings. The average Bonchev–Trinajstić information content (AvgIpc) is 3.34. The first-order valence-electron chi connectivity index (χ1n) is 8.20. The van der Waals surface area contributed by atoms with Crippen molar-refractivity contribution in [1.82, 2.24) is 5.32 Å². The summed E-state index contributed by atoms with van der Waals surface area (Å²) in [7, 11) is 0. The van der Waals surface area contributed by atoms with Crippen molar-refractivity contribution in [2.24, 2.45) is 5.92 Å². The quantitative estimate of drug-likeness (QED) is 0.799. The molecule has 124 valence electrons. The summed E-state index contributed by atoms with van der Waals surface area (Å²) in [4.78, 5) is 23.7. The molecule has 2 atom stereocenters. The third-order valence-corrected chi connectivity index (χ3v) is 4.18. The fraction of sp³-hybridized carbons (Fsp3) is 0.529. The molecule has 2 fully saturated rings. The van der Waals surface area contributed by atoms with Gasteiger partial charge in [-0.1, -0.05) is 0 Å². The molecule has 0 aromatic heterocycles. The van der Waals surface area contributed by atoms with E-state index in [1.807, 2.05) is 6.92 Å². The number of hydrogen-bond donors (Lipinski definition) is 3. The minimum Gasteiger partial charge on any atom is -0.378 e. The van der Waals surface area contributed by atoms with E-state index in [9.17, 15) is 9.59 Å². The van der Waals surface area contributed by atoms with Crippen molar-refractivity contribution in [2.45, 2.75) is 44.8 Å². The Kier molecular flexibility index (Phi) is 4.81. The number of nitrogens with one attached hydrogen (secondary N) is 3. The Morgan fingerprint density at radius 3 is 2.30 bits per heavy atom. The second kappa shape index (κ2) is 7.00. The number of rotatable bonds is 4. The van der Waals surface area contributed by atoms with Crippen LogP contribution < -0.4 is 16.0 Å². The number of hydrogen-bond acceptors (Lipinski definition) is 3. The van der Waals surface area contributed by atoms with Crippen LogP contribution >= 0.6 is 0 Å². The molecule has 1 aromatic rings. The van der Waals surface area contributed by atoms with Crippen LogP contribution in [0.25, 0.3) is 0 Å². The van der Waals surface area contributed by atoms with Gasteiger partial charge in [-0.2, -0.15) is 0 Å². The van der Waals surface area contributed by atoms with Gasteiger partial charge in [0.2, 0.25) is 5.91 Å². The van der Waals surface area contributed by atoms with E-state index in [0.29, 0.717) is 12.3 Å². The monoisotopic (exact) mass is 317 g/mol. The first kappa shape index (κ1) is 15.8. The predicted octanol–water partition coefficient (Wildman–Crippen LogP) is 2.72. The second-order valence-corrected chi connectivity index (χ2v) is 6.34. The maximum Gasteiger partial charge on any atom is 0.319 e. The van der Waals surface area contributed by atoms with E-state index in [0.717, 1.165) is 31.4 Å². The van der Waals surface area contributed by atoms with Crippen LogP contribution in [0.5, 0.6) is 0 Å². The minimum absolute atomic E-state index is 0.0806. The van der Waals surface area contributed by atoms with Gasteiger partial charge in [0.05, 0.1) is 6.10 Å². The second-order valence-electron chi connectivity index (χ2n) is 6.34. The predicted molar refractivity (Wildman–Crippen MR) is 88.4 cm³/mol. The third-order valence-electron chi connectivity index (χ3n) is 4.18. The lowest BCUT2D eigenvalue weighted by atomic mass is 10.0. The van der Waals surface area contributed by atoms with Crippen LogP contribution in [0.1, 0.15) is 32.6 Å². The zero-order valence-electron chi connectivity index (χ0n) is 13.3. The fourth-order valence-corrected chi connectivity index (χ4v) is 2.71. The van der Waals surface area contributed by atoms with Crippen LogP contribution in [0.4, 0.5) is 16.2 Å². The summed E-state index contributed by atoms with van der Waals surface area (Å²) in [5.41, 5.74) is 1.46. The van der Waals surface area contributed by atoms with Crippen molar-refractivity contribution in [3.05, 3.63) is 24.3 Å². The summed E-state index contributed by atoms with van der Waals surface area (Å²) in [6.45, 7) is 2.70. The topological polar surface area (TPSA) is 79.5 Å². The van der Waals surface area contributed by atoms with Crippen LogP contribution in [0.3, 0.4) is 0 Å². The molecule has 1 saturated heterocycles. The van der Waals surface area contributed by atoms with E-state index in [1.54, 1.807) is 24.3 Å². The van der Waals surface area contributed by atoms with E-state index in [1.165, 1.54) is 0 Å². The number of carbonyl (C=O) groups is 2. The molecule has 1 aliphatic heterocycles. The zero-order valence-corrected chi connectivity index (χ0v) is 13.3. The lowest BCUT2D eigenvalue weighted by Gasteiger charge is -2.27. The number of anilines is 2. The Bertz CT molecular complexity index is 569. The van der Waals surface area contributed by atoms with Crippen molar-refractivity contribution in [1.29, 1.82) is 0 Å². The first-order valence-corrected chi connectivity index (χ1v) is 8.20. The van der Waals surface area contributed by atoms with Gasteiger partial charge in [-0.05, 0) is 56.9 Å². The number of urea groups is 1. The SMILES string of the molecule is C[C@H]1C[C@H](NC(=O)Nc2ccc(NC(=O)C3CC3)cc2)CCO1. The van der Waals surface area contributed by atoms with Gasteiger partial charge in [0, 0.05) is 29.9 Å². The molecule has 3 rings (SSSR count). The summed E-state index contributed by atoms with van der Waals surface area (Å²) in [6.07, 6.45) is 3.82. The van der Waals surface area contributed by atoms with Crippen molar-refractivity contribution in [3.63, 3.8) is 0 Å². The van der Waals surface area contributed by atoms with Crippen LogP contribution in [0.2, 0.25) is 0 Å². The highest BCUT2D eigenvalue weighted by Gasteiger charge is 2.29. The molecule has 0 spiro atoms. The molecular weight excluding hydrogens is 294 g/mol. The molecule has 1 heterocycles. The fourth-order valence-electron chi connectivity index (χ4n) is 2.71. The summed E-state index contributed by atoms with van der Waals surface area (Å²) in [5, 5.41) is 8.66. The van der Waals surface area contributed by atoms with Gasteiger partial charge in [-0.3, -0.25) is 4.79 Å². The Balaban J connectivity index is 1.47. The Hall–Kier alpha value is -2.08. The first-order chi connectivity index (χ1) is 11.1. The molecule has 0 bridgehead atoms. The highest BCUT2D eigenvalue weighted by atomic mass is 16.5. The molecule has 6 heteroatoms. The number of benzene rings is 1. The third kappa shape index (κ3) is 4.69. The van der Waals surface area contributed by atoms with E-state index < -0.39 is 0 Å². The Morgan fingerprint density at radius 1 is 1.04 bits per heavy atom. The van der Waals surface area contributed by atoms with Gasteiger partial charge >= 0.3 is 6.03 Å². The molecule has 3 N–H and O–H groups in total.